The highest BCUT2D eigenvalue weighted by molar-refractivity contribution is 9.10. The van der Waals surface area contributed by atoms with Gasteiger partial charge in [0.2, 0.25) is 0 Å². The first-order chi connectivity index (χ1) is 6.68. The monoisotopic (exact) mass is 250 g/mol. The number of aryl methyl sites for hydroxylation is 2. The van der Waals surface area contributed by atoms with Crippen molar-refractivity contribution < 1.29 is 0 Å². The quantitative estimate of drug-likeness (QED) is 0.760. The van der Waals surface area contributed by atoms with Crippen LogP contribution in [-0.4, -0.2) is 9.78 Å². The van der Waals surface area contributed by atoms with Crippen LogP contribution >= 0.6 is 15.9 Å². The van der Waals surface area contributed by atoms with E-state index in [0.717, 1.165) is 15.9 Å². The van der Waals surface area contributed by atoms with Gasteiger partial charge in [0.05, 0.1) is 5.69 Å². The average Bonchev–Trinajstić information content (AvgIpc) is 2.52. The molecule has 0 aliphatic carbocycles. The molecule has 0 amide bonds. The molecule has 0 saturated carbocycles. The Morgan fingerprint density at radius 1 is 1.21 bits per heavy atom. The molecular weight excluding hydrogens is 240 g/mol. The van der Waals surface area contributed by atoms with Gasteiger partial charge in [0.15, 0.2) is 0 Å². The lowest BCUT2D eigenvalue weighted by Gasteiger charge is -2.08. The third kappa shape index (κ3) is 1.60. The number of benzene rings is 1. The molecule has 3 heteroatoms. The summed E-state index contributed by atoms with van der Waals surface area (Å²) in [5.41, 5.74) is 3.50. The fourth-order valence-corrected chi connectivity index (χ4v) is 1.95. The normalized spacial score (nSPS) is 10.5. The van der Waals surface area contributed by atoms with Crippen LogP contribution in [0.2, 0.25) is 0 Å². The number of hydrogen-bond acceptors (Lipinski definition) is 1. The van der Waals surface area contributed by atoms with Crippen molar-refractivity contribution >= 4 is 15.9 Å². The predicted octanol–water partition coefficient (Wildman–Crippen LogP) is 3.25. The number of halogens is 1. The summed E-state index contributed by atoms with van der Waals surface area (Å²) in [5.74, 6) is 0. The molecule has 0 aliphatic rings. The molecule has 0 atom stereocenters. The van der Waals surface area contributed by atoms with Crippen LogP contribution in [0.15, 0.2) is 34.9 Å². The summed E-state index contributed by atoms with van der Waals surface area (Å²) in [7, 11) is 0. The van der Waals surface area contributed by atoms with Crippen LogP contribution in [0.3, 0.4) is 0 Å². The Morgan fingerprint density at radius 2 is 2.00 bits per heavy atom. The minimum absolute atomic E-state index is 1.10. The van der Waals surface area contributed by atoms with Gasteiger partial charge >= 0.3 is 0 Å². The first kappa shape index (κ1) is 9.46. The maximum Gasteiger partial charge on any atom is 0.0678 e. The first-order valence-electron chi connectivity index (χ1n) is 4.45. The largest absolute Gasteiger partial charge is 0.238 e. The first-order valence-corrected chi connectivity index (χ1v) is 5.25. The van der Waals surface area contributed by atoms with Gasteiger partial charge in [0.1, 0.15) is 0 Å². The maximum absolute atomic E-state index is 4.28. The minimum Gasteiger partial charge on any atom is -0.238 e. The molecule has 1 aromatic carbocycles. The summed E-state index contributed by atoms with van der Waals surface area (Å²) in [5, 5.41) is 4.28. The van der Waals surface area contributed by atoms with Crippen LogP contribution in [0.1, 0.15) is 11.3 Å². The summed E-state index contributed by atoms with van der Waals surface area (Å²) >= 11 is 3.45. The SMILES string of the molecule is Cc1cc(Br)ccc1-n1nccc1C. The van der Waals surface area contributed by atoms with E-state index in [0.29, 0.717) is 0 Å². The third-order valence-electron chi connectivity index (χ3n) is 2.22. The highest BCUT2D eigenvalue weighted by Gasteiger charge is 2.03. The van der Waals surface area contributed by atoms with Crippen molar-refractivity contribution in [1.82, 2.24) is 9.78 Å². The molecule has 1 heterocycles. The standard InChI is InChI=1S/C11H11BrN2/c1-8-7-10(12)3-4-11(8)14-9(2)5-6-13-14/h3-7H,1-2H3. The maximum atomic E-state index is 4.28. The van der Waals surface area contributed by atoms with Crippen LogP contribution in [0, 0.1) is 13.8 Å². The minimum atomic E-state index is 1.10. The van der Waals surface area contributed by atoms with Crippen molar-refractivity contribution in [1.29, 1.82) is 0 Å². The topological polar surface area (TPSA) is 17.8 Å². The Balaban J connectivity index is 2.58. The van der Waals surface area contributed by atoms with E-state index < -0.39 is 0 Å². The molecule has 2 nitrogen and oxygen atoms in total. The van der Waals surface area contributed by atoms with Gasteiger partial charge in [-0.3, -0.25) is 0 Å². The molecule has 1 aromatic heterocycles. The van der Waals surface area contributed by atoms with E-state index in [1.54, 1.807) is 0 Å². The highest BCUT2D eigenvalue weighted by atomic mass is 79.9. The van der Waals surface area contributed by atoms with Crippen molar-refractivity contribution in [2.75, 3.05) is 0 Å². The molecule has 72 valence electrons. The molecule has 0 bridgehead atoms. The second-order valence-electron chi connectivity index (χ2n) is 3.32. The molecule has 0 N–H and O–H groups in total. The Bertz CT molecular complexity index is 460. The Kier molecular flexibility index (Phi) is 2.42. The number of nitrogens with zero attached hydrogens (tertiary/aromatic N) is 2. The van der Waals surface area contributed by atoms with Gasteiger partial charge in [-0.25, -0.2) is 4.68 Å². The molecule has 0 saturated heterocycles. The van der Waals surface area contributed by atoms with E-state index in [2.05, 4.69) is 47.0 Å². The number of rotatable bonds is 1. The molecule has 0 radical (unpaired) electrons. The molecular formula is C11H11BrN2. The van der Waals surface area contributed by atoms with Crippen LogP contribution in [0.4, 0.5) is 0 Å². The fraction of sp³-hybridized carbons (Fsp3) is 0.182. The summed E-state index contributed by atoms with van der Waals surface area (Å²) in [6, 6.07) is 8.20. The highest BCUT2D eigenvalue weighted by Crippen LogP contribution is 2.19. The Hall–Kier alpha value is -1.09. The van der Waals surface area contributed by atoms with Gasteiger partial charge in [0.25, 0.3) is 0 Å². The van der Waals surface area contributed by atoms with Crippen molar-refractivity contribution in [3.05, 3.63) is 46.2 Å². The molecule has 0 unspecified atom stereocenters. The van der Waals surface area contributed by atoms with Gasteiger partial charge < -0.3 is 0 Å². The zero-order valence-corrected chi connectivity index (χ0v) is 9.75. The van der Waals surface area contributed by atoms with Crippen molar-refractivity contribution in [3.63, 3.8) is 0 Å². The van der Waals surface area contributed by atoms with E-state index in [-0.39, 0.29) is 0 Å². The van der Waals surface area contributed by atoms with Crippen LogP contribution in [0.25, 0.3) is 5.69 Å². The fourth-order valence-electron chi connectivity index (χ4n) is 1.48. The summed E-state index contributed by atoms with van der Waals surface area (Å²) in [6.07, 6.45) is 1.82. The smallest absolute Gasteiger partial charge is 0.0678 e. The zero-order valence-electron chi connectivity index (χ0n) is 8.16. The average molecular weight is 251 g/mol. The van der Waals surface area contributed by atoms with Crippen molar-refractivity contribution in [2.45, 2.75) is 13.8 Å². The summed E-state index contributed by atoms with van der Waals surface area (Å²) < 4.78 is 3.05. The second kappa shape index (κ2) is 3.58. The van der Waals surface area contributed by atoms with Gasteiger partial charge in [-0.05, 0) is 43.7 Å². The summed E-state index contributed by atoms with van der Waals surface area (Å²) in [4.78, 5) is 0. The van der Waals surface area contributed by atoms with E-state index in [1.807, 2.05) is 23.0 Å². The van der Waals surface area contributed by atoms with Gasteiger partial charge in [-0.2, -0.15) is 5.10 Å². The summed E-state index contributed by atoms with van der Waals surface area (Å²) in [6.45, 7) is 4.13. The van der Waals surface area contributed by atoms with E-state index >= 15 is 0 Å². The van der Waals surface area contributed by atoms with Gasteiger partial charge in [-0.1, -0.05) is 15.9 Å². The molecule has 2 aromatic rings. The Morgan fingerprint density at radius 3 is 2.57 bits per heavy atom. The van der Waals surface area contributed by atoms with E-state index in [9.17, 15) is 0 Å². The predicted molar refractivity (Wildman–Crippen MR) is 60.7 cm³/mol. The van der Waals surface area contributed by atoms with Crippen LogP contribution < -0.4 is 0 Å². The lowest BCUT2D eigenvalue weighted by Crippen LogP contribution is -2.00. The van der Waals surface area contributed by atoms with Crippen LogP contribution in [0.5, 0.6) is 0 Å². The lowest BCUT2D eigenvalue weighted by atomic mass is 10.2. The molecule has 0 aliphatic heterocycles. The van der Waals surface area contributed by atoms with Gasteiger partial charge in [0, 0.05) is 16.4 Å². The second-order valence-corrected chi connectivity index (χ2v) is 4.23. The van der Waals surface area contributed by atoms with Crippen molar-refractivity contribution in [3.8, 4) is 5.69 Å². The molecule has 14 heavy (non-hydrogen) atoms. The molecule has 0 spiro atoms. The van der Waals surface area contributed by atoms with Crippen LogP contribution in [-0.2, 0) is 0 Å². The molecule has 0 fully saturated rings. The lowest BCUT2D eigenvalue weighted by molar-refractivity contribution is 0.840. The number of aromatic nitrogens is 2. The van der Waals surface area contributed by atoms with E-state index in [4.69, 9.17) is 0 Å². The third-order valence-corrected chi connectivity index (χ3v) is 2.71. The number of hydrogen-bond donors (Lipinski definition) is 0. The van der Waals surface area contributed by atoms with E-state index in [1.165, 1.54) is 5.56 Å². The zero-order chi connectivity index (χ0) is 10.1. The molecule has 2 rings (SSSR count). The Labute approximate surface area is 91.7 Å². The van der Waals surface area contributed by atoms with Gasteiger partial charge in [-0.15, -0.1) is 0 Å². The van der Waals surface area contributed by atoms with Crippen molar-refractivity contribution in [2.24, 2.45) is 0 Å².